The third kappa shape index (κ3) is 8.40. The van der Waals surface area contributed by atoms with E-state index in [4.69, 9.17) is 21.7 Å². The van der Waals surface area contributed by atoms with Crippen molar-refractivity contribution in [3.63, 3.8) is 0 Å². The number of carbonyl (C=O) groups is 5. The Kier molecular flexibility index (Phi) is 11.6. The average molecular weight is 460 g/mol. The van der Waals surface area contributed by atoms with Crippen molar-refractivity contribution < 1.29 is 39.3 Å². The largest absolute Gasteiger partial charge is 0.481 e. The number of carboxylic acid groups (broad SMARTS) is 2. The number of unbranched alkanes of at least 4 members (excludes halogenated alkanes) is 1. The van der Waals surface area contributed by atoms with Gasteiger partial charge in [-0.05, 0) is 45.1 Å². The second-order valence-electron chi connectivity index (χ2n) is 7.66. The molecule has 0 aliphatic carbocycles. The van der Waals surface area contributed by atoms with E-state index in [1.807, 2.05) is 0 Å². The smallest absolute Gasteiger partial charge is 0.326 e. The predicted molar refractivity (Wildman–Crippen MR) is 111 cm³/mol. The number of likely N-dealkylation sites (tertiary alicyclic amines) is 1. The van der Waals surface area contributed by atoms with Crippen molar-refractivity contribution in [3.05, 3.63) is 0 Å². The number of amides is 3. The van der Waals surface area contributed by atoms with Crippen LogP contribution in [0, 0.1) is 0 Å². The van der Waals surface area contributed by atoms with Gasteiger partial charge in [0.05, 0.1) is 6.61 Å². The maximum atomic E-state index is 13.0. The van der Waals surface area contributed by atoms with E-state index in [9.17, 15) is 29.1 Å². The highest BCUT2D eigenvalue weighted by Gasteiger charge is 2.38. The minimum Gasteiger partial charge on any atom is -0.481 e. The lowest BCUT2D eigenvalue weighted by atomic mass is 10.0. The number of nitrogens with zero attached hydrogens (tertiary/aromatic N) is 1. The van der Waals surface area contributed by atoms with Crippen molar-refractivity contribution >= 4 is 29.7 Å². The molecule has 1 aliphatic heterocycles. The SMILES string of the molecule is NCCCCC(NC(=O)C(CCC(=O)O)NC(=O)C(N)CO)C(=O)N1CCCC1C(=O)O. The van der Waals surface area contributed by atoms with Gasteiger partial charge in [-0.3, -0.25) is 19.2 Å². The van der Waals surface area contributed by atoms with Gasteiger partial charge in [-0.15, -0.1) is 0 Å². The van der Waals surface area contributed by atoms with Crippen molar-refractivity contribution in [1.82, 2.24) is 15.5 Å². The van der Waals surface area contributed by atoms with Gasteiger partial charge < -0.3 is 42.3 Å². The van der Waals surface area contributed by atoms with Crippen LogP contribution in [-0.4, -0.2) is 93.7 Å². The summed E-state index contributed by atoms with van der Waals surface area (Å²) in [5.41, 5.74) is 10.9. The molecule has 0 aromatic heterocycles. The number of aliphatic hydroxyl groups is 1. The van der Waals surface area contributed by atoms with Gasteiger partial charge in [0.2, 0.25) is 17.7 Å². The normalized spacial score (nSPS) is 18.5. The standard InChI is InChI=1S/C19H33N5O8/c20-8-2-1-4-13(18(30)24-9-3-5-14(24)19(31)32)23-17(29)12(6-7-15(26)27)22-16(28)11(21)10-25/h11-14,25H,1-10,20-21H2,(H,22,28)(H,23,29)(H,26,27)(H,31,32). The van der Waals surface area contributed by atoms with Gasteiger partial charge in [0.15, 0.2) is 0 Å². The van der Waals surface area contributed by atoms with Crippen molar-refractivity contribution in [3.8, 4) is 0 Å². The van der Waals surface area contributed by atoms with E-state index in [-0.39, 0.29) is 19.4 Å². The zero-order valence-corrected chi connectivity index (χ0v) is 17.9. The fourth-order valence-corrected chi connectivity index (χ4v) is 3.41. The van der Waals surface area contributed by atoms with E-state index in [0.717, 1.165) is 0 Å². The predicted octanol–water partition coefficient (Wildman–Crippen LogP) is -2.65. The van der Waals surface area contributed by atoms with Crippen LogP contribution in [0.25, 0.3) is 0 Å². The van der Waals surface area contributed by atoms with E-state index >= 15 is 0 Å². The van der Waals surface area contributed by atoms with Crippen LogP contribution in [0.4, 0.5) is 0 Å². The first-order chi connectivity index (χ1) is 15.1. The Labute approximate surface area is 185 Å². The minimum absolute atomic E-state index is 0.195. The summed E-state index contributed by atoms with van der Waals surface area (Å²) in [6.07, 6.45) is 1.37. The fraction of sp³-hybridized carbons (Fsp3) is 0.737. The maximum Gasteiger partial charge on any atom is 0.326 e. The van der Waals surface area contributed by atoms with Crippen molar-refractivity contribution in [2.24, 2.45) is 11.5 Å². The Bertz CT molecular complexity index is 689. The monoisotopic (exact) mass is 459 g/mol. The molecule has 32 heavy (non-hydrogen) atoms. The molecule has 0 aromatic rings. The topological polar surface area (TPSA) is 225 Å². The summed E-state index contributed by atoms with van der Waals surface area (Å²) in [5, 5.41) is 32.1. The number of hydrogen-bond donors (Lipinski definition) is 7. The first-order valence-electron chi connectivity index (χ1n) is 10.5. The lowest BCUT2D eigenvalue weighted by Crippen LogP contribution is -2.57. The molecule has 4 atom stereocenters. The van der Waals surface area contributed by atoms with Gasteiger partial charge in [0, 0.05) is 13.0 Å². The van der Waals surface area contributed by atoms with Crippen LogP contribution in [0.2, 0.25) is 0 Å². The zero-order chi connectivity index (χ0) is 24.3. The second-order valence-corrected chi connectivity index (χ2v) is 7.66. The van der Waals surface area contributed by atoms with E-state index in [2.05, 4.69) is 10.6 Å². The quantitative estimate of drug-likeness (QED) is 0.133. The molecule has 1 fully saturated rings. The Morgan fingerprint density at radius 3 is 2.22 bits per heavy atom. The van der Waals surface area contributed by atoms with Gasteiger partial charge in [-0.2, -0.15) is 0 Å². The highest BCUT2D eigenvalue weighted by molar-refractivity contribution is 5.94. The third-order valence-corrected chi connectivity index (χ3v) is 5.20. The summed E-state index contributed by atoms with van der Waals surface area (Å²) in [5.74, 6) is -4.54. The average Bonchev–Trinajstić information content (AvgIpc) is 3.24. The van der Waals surface area contributed by atoms with Crippen LogP contribution in [-0.2, 0) is 24.0 Å². The van der Waals surface area contributed by atoms with Crippen molar-refractivity contribution in [2.75, 3.05) is 19.7 Å². The molecular weight excluding hydrogens is 426 g/mol. The highest BCUT2D eigenvalue weighted by Crippen LogP contribution is 2.20. The van der Waals surface area contributed by atoms with Crippen molar-refractivity contribution in [2.45, 2.75) is 69.1 Å². The van der Waals surface area contributed by atoms with E-state index in [1.54, 1.807) is 0 Å². The van der Waals surface area contributed by atoms with E-state index in [0.29, 0.717) is 32.2 Å². The zero-order valence-electron chi connectivity index (χ0n) is 17.9. The Morgan fingerprint density at radius 2 is 1.66 bits per heavy atom. The number of carbonyl (C=O) groups excluding carboxylic acids is 3. The number of aliphatic carboxylic acids is 2. The van der Waals surface area contributed by atoms with Gasteiger partial charge in [0.1, 0.15) is 24.2 Å². The molecule has 0 radical (unpaired) electrons. The molecule has 1 aliphatic rings. The molecule has 0 bridgehead atoms. The summed E-state index contributed by atoms with van der Waals surface area (Å²) < 4.78 is 0. The number of rotatable bonds is 14. The summed E-state index contributed by atoms with van der Waals surface area (Å²) in [4.78, 5) is 61.5. The fourth-order valence-electron chi connectivity index (χ4n) is 3.41. The van der Waals surface area contributed by atoms with Gasteiger partial charge >= 0.3 is 11.9 Å². The Morgan fingerprint density at radius 1 is 1.00 bits per heavy atom. The van der Waals surface area contributed by atoms with Gasteiger partial charge in [-0.1, -0.05) is 0 Å². The molecule has 1 rings (SSSR count). The van der Waals surface area contributed by atoms with Crippen LogP contribution < -0.4 is 22.1 Å². The second kappa shape index (κ2) is 13.6. The summed E-state index contributed by atoms with van der Waals surface area (Å²) >= 11 is 0. The molecule has 182 valence electrons. The molecule has 13 heteroatoms. The van der Waals surface area contributed by atoms with E-state index < -0.39 is 66.9 Å². The van der Waals surface area contributed by atoms with E-state index in [1.165, 1.54) is 4.90 Å². The lowest BCUT2D eigenvalue weighted by Gasteiger charge is -2.29. The lowest BCUT2D eigenvalue weighted by molar-refractivity contribution is -0.149. The Balaban J connectivity index is 2.99. The number of nitrogens with two attached hydrogens (primary N) is 2. The molecule has 3 amide bonds. The van der Waals surface area contributed by atoms with Gasteiger partial charge in [-0.25, -0.2) is 4.79 Å². The first kappa shape index (κ1) is 27.3. The number of aliphatic hydroxyl groups excluding tert-OH is 1. The molecule has 0 aromatic carbocycles. The Hall–Kier alpha value is -2.77. The van der Waals surface area contributed by atoms with Crippen LogP contribution in [0.15, 0.2) is 0 Å². The van der Waals surface area contributed by atoms with Crippen molar-refractivity contribution in [1.29, 1.82) is 0 Å². The summed E-state index contributed by atoms with van der Waals surface area (Å²) in [6, 6.07) is -4.67. The number of hydrogen-bond acceptors (Lipinski definition) is 8. The highest BCUT2D eigenvalue weighted by atomic mass is 16.4. The van der Waals surface area contributed by atoms with Crippen LogP contribution in [0.5, 0.6) is 0 Å². The first-order valence-corrected chi connectivity index (χ1v) is 10.5. The third-order valence-electron chi connectivity index (χ3n) is 5.20. The molecular formula is C19H33N5O8. The number of carboxylic acids is 2. The molecule has 1 saturated heterocycles. The van der Waals surface area contributed by atoms with Gasteiger partial charge in [0.25, 0.3) is 0 Å². The minimum atomic E-state index is -1.31. The van der Waals surface area contributed by atoms with Crippen LogP contribution in [0.3, 0.4) is 0 Å². The maximum absolute atomic E-state index is 13.0. The molecule has 1 heterocycles. The molecule has 13 nitrogen and oxygen atoms in total. The number of nitrogens with one attached hydrogen (secondary N) is 2. The van der Waals surface area contributed by atoms with Crippen LogP contribution >= 0.6 is 0 Å². The molecule has 4 unspecified atom stereocenters. The molecule has 0 saturated carbocycles. The molecule has 9 N–H and O–H groups in total. The summed E-state index contributed by atoms with van der Waals surface area (Å²) in [7, 11) is 0. The summed E-state index contributed by atoms with van der Waals surface area (Å²) in [6.45, 7) is -0.0684. The van der Waals surface area contributed by atoms with Crippen LogP contribution in [0.1, 0.15) is 44.9 Å². The molecule has 0 spiro atoms.